The highest BCUT2D eigenvalue weighted by Gasteiger charge is 2.29. The molecule has 4 N–H and O–H groups in total. The lowest BCUT2D eigenvalue weighted by Crippen LogP contribution is -2.45. The van der Waals surface area contributed by atoms with Gasteiger partial charge in [0.1, 0.15) is 17.6 Å². The van der Waals surface area contributed by atoms with Crippen molar-refractivity contribution in [1.29, 1.82) is 0 Å². The summed E-state index contributed by atoms with van der Waals surface area (Å²) >= 11 is 0. The molecule has 7 rings (SSSR count). The summed E-state index contributed by atoms with van der Waals surface area (Å²) in [7, 11) is 2.06. The van der Waals surface area contributed by atoms with Gasteiger partial charge < -0.3 is 39.8 Å². The molecule has 2 aliphatic heterocycles. The summed E-state index contributed by atoms with van der Waals surface area (Å²) in [6.07, 6.45) is 4.91. The van der Waals surface area contributed by atoms with Crippen LogP contribution in [0.5, 0.6) is 11.5 Å². The number of amides is 1. The minimum absolute atomic E-state index is 0.0669. The van der Waals surface area contributed by atoms with Gasteiger partial charge in [-0.25, -0.2) is 9.59 Å². The Bertz CT molecular complexity index is 2280. The van der Waals surface area contributed by atoms with Crippen LogP contribution in [0.3, 0.4) is 0 Å². The fourth-order valence-corrected chi connectivity index (χ4v) is 8.41. The number of hydrogen-bond acceptors (Lipinski definition) is 10. The summed E-state index contributed by atoms with van der Waals surface area (Å²) < 4.78 is 17.9. The van der Waals surface area contributed by atoms with E-state index in [1.165, 1.54) is 11.6 Å². The number of phenols is 1. The second kappa shape index (κ2) is 21.9. The number of ether oxygens (including phenoxy) is 3. The van der Waals surface area contributed by atoms with Crippen molar-refractivity contribution < 1.29 is 28.9 Å². The summed E-state index contributed by atoms with van der Waals surface area (Å²) in [5.74, 6) is 1.30. The third-order valence-corrected chi connectivity index (χ3v) is 12.2. The Labute approximate surface area is 364 Å². The van der Waals surface area contributed by atoms with Gasteiger partial charge in [-0.2, -0.15) is 0 Å². The number of piperidine rings is 2. The molecular weight excluding hydrogens is 783 g/mol. The maximum Gasteiger partial charge on any atom is 0.408 e. The molecule has 2 saturated heterocycles. The first-order chi connectivity index (χ1) is 30.2. The standard InChI is InChI=1S/C50H61N5O7/c1-35-22-27-54(2)33-45(35)62-50(59)53-47(39-9-4-3-5-10-39)41-11-8-12-42(31-41)61-34-37-23-28-55(29-24-37)32-36-13-15-40(16-14-36)49(58)60-30-7-6-25-51-26-21-38-17-19-44(56)48-43(38)18-20-46(57)52-48/h3-5,8-20,31,35,37,45,47,51,56H,6-7,21-30,32-34H2,1-2H3,(H,52,57)(H,53,59)/t35?,45-,47?/m0/s1. The van der Waals surface area contributed by atoms with Gasteiger partial charge in [0.15, 0.2) is 0 Å². The maximum atomic E-state index is 13.2. The Morgan fingerprint density at radius 3 is 2.47 bits per heavy atom. The van der Waals surface area contributed by atoms with E-state index in [1.807, 2.05) is 84.9 Å². The summed E-state index contributed by atoms with van der Waals surface area (Å²) in [5, 5.41) is 17.5. The van der Waals surface area contributed by atoms with E-state index >= 15 is 0 Å². The minimum atomic E-state index is -0.410. The number of H-pyrrole nitrogens is 1. The number of aromatic nitrogens is 1. The van der Waals surface area contributed by atoms with Crippen LogP contribution in [0, 0.1) is 11.8 Å². The molecule has 5 aromatic rings. The van der Waals surface area contributed by atoms with Gasteiger partial charge in [0.25, 0.3) is 0 Å². The van der Waals surface area contributed by atoms with Crippen LogP contribution in [-0.4, -0.2) is 97.6 Å². The molecule has 0 aliphatic carbocycles. The number of alkyl carbamates (subject to hydrolysis) is 1. The lowest BCUT2D eigenvalue weighted by molar-refractivity contribution is 0.0168. The Morgan fingerprint density at radius 2 is 1.66 bits per heavy atom. The number of likely N-dealkylation sites (tertiary alicyclic amines) is 2. The number of rotatable bonds is 18. The second-order valence-corrected chi connectivity index (χ2v) is 17.0. The SMILES string of the molecule is CC1CCN(C)C[C@@H]1OC(=O)NC(c1ccccc1)c1cccc(OCC2CCN(Cc3ccc(C(=O)OCCCCNCCc4ccc(O)c5[nH]c(=O)ccc45)cc3)CC2)c1. The molecule has 0 bridgehead atoms. The predicted molar refractivity (Wildman–Crippen MR) is 242 cm³/mol. The van der Waals surface area contributed by atoms with Crippen LogP contribution >= 0.6 is 0 Å². The van der Waals surface area contributed by atoms with Gasteiger partial charge in [0.2, 0.25) is 5.56 Å². The van der Waals surface area contributed by atoms with Crippen molar-refractivity contribution in [3.8, 4) is 11.5 Å². The van der Waals surface area contributed by atoms with Crippen molar-refractivity contribution in [2.75, 3.05) is 59.5 Å². The highest BCUT2D eigenvalue weighted by Crippen LogP contribution is 2.29. The molecule has 2 aliphatic rings. The van der Waals surface area contributed by atoms with Crippen LogP contribution in [-0.2, 0) is 22.4 Å². The molecule has 0 spiro atoms. The van der Waals surface area contributed by atoms with E-state index in [9.17, 15) is 19.5 Å². The number of nitrogens with zero attached hydrogens (tertiary/aromatic N) is 2. The number of carbonyl (C=O) groups excluding carboxylic acids is 2. The van der Waals surface area contributed by atoms with Crippen molar-refractivity contribution in [3.05, 3.63) is 141 Å². The van der Waals surface area contributed by atoms with Gasteiger partial charge in [0.05, 0.1) is 30.3 Å². The van der Waals surface area contributed by atoms with E-state index in [0.717, 1.165) is 112 Å². The van der Waals surface area contributed by atoms with Crippen LogP contribution in [0.1, 0.15) is 77.7 Å². The zero-order valence-corrected chi connectivity index (χ0v) is 36.0. The molecule has 2 unspecified atom stereocenters. The van der Waals surface area contributed by atoms with Gasteiger partial charge in [0, 0.05) is 24.5 Å². The van der Waals surface area contributed by atoms with Gasteiger partial charge in [-0.3, -0.25) is 9.69 Å². The second-order valence-electron chi connectivity index (χ2n) is 17.0. The van der Waals surface area contributed by atoms with Crippen molar-refractivity contribution in [3.63, 3.8) is 0 Å². The fraction of sp³-hybridized carbons (Fsp3) is 0.420. The molecule has 0 radical (unpaired) electrons. The maximum absolute atomic E-state index is 13.2. The summed E-state index contributed by atoms with van der Waals surface area (Å²) in [5.41, 5.74) is 4.91. The summed E-state index contributed by atoms with van der Waals surface area (Å²) in [4.78, 5) is 45.0. The summed E-state index contributed by atoms with van der Waals surface area (Å²) in [6.45, 7) is 9.21. The van der Waals surface area contributed by atoms with E-state index in [1.54, 1.807) is 12.1 Å². The minimum Gasteiger partial charge on any atom is -0.506 e. The number of aromatic amines is 1. The molecule has 328 valence electrons. The Hall–Kier alpha value is -5.69. The van der Waals surface area contributed by atoms with Crippen LogP contribution in [0.15, 0.2) is 108 Å². The Kier molecular flexibility index (Phi) is 15.7. The number of nitrogens with one attached hydrogen (secondary N) is 3. The number of aromatic hydroxyl groups is 1. The number of unbranched alkanes of at least 4 members (excludes halogenated alkanes) is 1. The average Bonchev–Trinajstić information content (AvgIpc) is 3.29. The number of pyridine rings is 1. The molecule has 62 heavy (non-hydrogen) atoms. The number of phenolic OH excluding ortho intramolecular Hbond substituents is 1. The fourth-order valence-electron chi connectivity index (χ4n) is 8.41. The highest BCUT2D eigenvalue weighted by molar-refractivity contribution is 5.89. The number of fused-ring (bicyclic) bond motifs is 1. The topological polar surface area (TPSA) is 145 Å². The first-order valence-corrected chi connectivity index (χ1v) is 22.1. The normalized spacial score (nSPS) is 18.0. The summed E-state index contributed by atoms with van der Waals surface area (Å²) in [6, 6.07) is 32.1. The first kappa shape index (κ1) is 44.4. The molecule has 12 heteroatoms. The molecule has 3 atom stereocenters. The quantitative estimate of drug-likeness (QED) is 0.0519. The molecule has 3 heterocycles. The van der Waals surface area contributed by atoms with Gasteiger partial charge >= 0.3 is 12.1 Å². The number of likely N-dealkylation sites (N-methyl/N-ethyl adjacent to an activating group) is 1. The van der Waals surface area contributed by atoms with E-state index in [-0.39, 0.29) is 29.4 Å². The molecule has 4 aromatic carbocycles. The molecule has 1 amide bonds. The monoisotopic (exact) mass is 843 g/mol. The molecule has 2 fully saturated rings. The average molecular weight is 844 g/mol. The third kappa shape index (κ3) is 12.5. The predicted octanol–water partition coefficient (Wildman–Crippen LogP) is 7.45. The van der Waals surface area contributed by atoms with Crippen LogP contribution < -0.4 is 20.9 Å². The number of benzene rings is 4. The number of esters is 1. The molecule has 12 nitrogen and oxygen atoms in total. The van der Waals surface area contributed by atoms with Gasteiger partial charge in [-0.1, -0.05) is 67.6 Å². The van der Waals surface area contributed by atoms with E-state index in [2.05, 4.69) is 39.4 Å². The van der Waals surface area contributed by atoms with Crippen LogP contribution in [0.25, 0.3) is 10.9 Å². The van der Waals surface area contributed by atoms with Crippen LogP contribution in [0.4, 0.5) is 4.79 Å². The zero-order chi connectivity index (χ0) is 43.3. The third-order valence-electron chi connectivity index (χ3n) is 12.2. The molecule has 1 aromatic heterocycles. The number of carbonyl (C=O) groups is 2. The smallest absolute Gasteiger partial charge is 0.408 e. The first-order valence-electron chi connectivity index (χ1n) is 22.1. The van der Waals surface area contributed by atoms with E-state index in [0.29, 0.717) is 36.1 Å². The van der Waals surface area contributed by atoms with E-state index in [4.69, 9.17) is 14.2 Å². The lowest BCUT2D eigenvalue weighted by Gasteiger charge is -2.34. The largest absolute Gasteiger partial charge is 0.506 e. The van der Waals surface area contributed by atoms with Crippen molar-refractivity contribution in [2.24, 2.45) is 11.8 Å². The van der Waals surface area contributed by atoms with Crippen LogP contribution in [0.2, 0.25) is 0 Å². The number of hydrogen-bond donors (Lipinski definition) is 4. The lowest BCUT2D eigenvalue weighted by atomic mass is 9.96. The molecule has 0 saturated carbocycles. The van der Waals surface area contributed by atoms with E-state index < -0.39 is 6.09 Å². The Morgan fingerprint density at radius 1 is 0.871 bits per heavy atom. The van der Waals surface area contributed by atoms with Gasteiger partial charge in [-0.15, -0.1) is 0 Å². The van der Waals surface area contributed by atoms with Crippen molar-refractivity contribution in [1.82, 2.24) is 25.4 Å². The highest BCUT2D eigenvalue weighted by atomic mass is 16.6. The van der Waals surface area contributed by atoms with Crippen molar-refractivity contribution >= 4 is 23.0 Å². The zero-order valence-electron chi connectivity index (χ0n) is 36.0. The Balaban J connectivity index is 0.790. The van der Waals surface area contributed by atoms with Gasteiger partial charge in [-0.05, 0) is 149 Å². The molecular formula is C50H61N5O7. The van der Waals surface area contributed by atoms with Crippen molar-refractivity contribution in [2.45, 2.75) is 64.1 Å².